The second-order valence-electron chi connectivity index (χ2n) is 3.11. The molecule has 0 bridgehead atoms. The molecule has 0 radical (unpaired) electrons. The predicted octanol–water partition coefficient (Wildman–Crippen LogP) is 2.22. The van der Waals surface area contributed by atoms with Crippen molar-refractivity contribution in [3.05, 3.63) is 23.8 Å². The van der Waals surface area contributed by atoms with E-state index >= 15 is 0 Å². The van der Waals surface area contributed by atoms with Gasteiger partial charge in [-0.05, 0) is 19.1 Å². The van der Waals surface area contributed by atoms with Crippen LogP contribution in [0.4, 0.5) is 10.5 Å². The molecule has 0 heterocycles. The third-order valence-corrected chi connectivity index (χ3v) is 1.83. The van der Waals surface area contributed by atoms with Gasteiger partial charge < -0.3 is 14.9 Å². The zero-order chi connectivity index (χ0) is 13.0. The lowest BCUT2D eigenvalue weighted by Gasteiger charge is -2.09. The number of aromatic carboxylic acids is 1. The van der Waals surface area contributed by atoms with Crippen LogP contribution in [0.25, 0.3) is 0 Å². The molecule has 0 aliphatic heterocycles. The van der Waals surface area contributed by atoms with E-state index in [2.05, 4.69) is 10.1 Å². The monoisotopic (exact) mass is 259 g/mol. The maximum Gasteiger partial charge on any atom is 0.413 e. The van der Waals surface area contributed by atoms with Gasteiger partial charge in [0.1, 0.15) is 11.3 Å². The fraction of sp³-hybridized carbons (Fsp3) is 0.200. The van der Waals surface area contributed by atoms with Crippen molar-refractivity contribution in [2.45, 2.75) is 12.5 Å². The molecule has 3 N–H and O–H groups in total. The number of nitrogens with one attached hydrogen (secondary N) is 1. The van der Waals surface area contributed by atoms with E-state index in [0.717, 1.165) is 12.1 Å². The summed E-state index contributed by atoms with van der Waals surface area (Å²) < 4.78 is 4.59. The second-order valence-corrected chi connectivity index (χ2v) is 3.73. The number of alkyl halides is 1. The Hall–Kier alpha value is -1.95. The number of halogens is 1. The van der Waals surface area contributed by atoms with E-state index in [0.29, 0.717) is 0 Å². The molecular weight excluding hydrogens is 250 g/mol. The molecule has 92 valence electrons. The van der Waals surface area contributed by atoms with Crippen LogP contribution in [0.15, 0.2) is 18.2 Å². The molecule has 1 rings (SSSR count). The SMILES string of the molecule is CC(Cl)OC(=O)Nc1ccc(C(=O)O)c(O)c1. The smallest absolute Gasteiger partial charge is 0.413 e. The van der Waals surface area contributed by atoms with Crippen LogP contribution in [0.1, 0.15) is 17.3 Å². The predicted molar refractivity (Wildman–Crippen MR) is 60.5 cm³/mol. The number of aromatic hydroxyl groups is 1. The highest BCUT2D eigenvalue weighted by molar-refractivity contribution is 6.20. The number of benzene rings is 1. The van der Waals surface area contributed by atoms with Crippen LogP contribution < -0.4 is 5.32 Å². The summed E-state index contributed by atoms with van der Waals surface area (Å²) >= 11 is 5.43. The van der Waals surface area contributed by atoms with E-state index in [1.54, 1.807) is 0 Å². The fourth-order valence-corrected chi connectivity index (χ4v) is 1.17. The zero-order valence-corrected chi connectivity index (χ0v) is 9.56. The Morgan fingerprint density at radius 1 is 1.47 bits per heavy atom. The summed E-state index contributed by atoms with van der Waals surface area (Å²) in [6, 6.07) is 3.59. The first-order valence-corrected chi connectivity index (χ1v) is 5.02. The maximum absolute atomic E-state index is 11.1. The molecule has 0 aromatic heterocycles. The minimum absolute atomic E-state index is 0.204. The van der Waals surface area contributed by atoms with Gasteiger partial charge in [0.15, 0.2) is 5.56 Å². The molecule has 0 fully saturated rings. The fourth-order valence-electron chi connectivity index (χ4n) is 1.09. The van der Waals surface area contributed by atoms with Crippen LogP contribution in [-0.4, -0.2) is 27.8 Å². The number of hydrogen-bond donors (Lipinski definition) is 3. The molecule has 0 saturated carbocycles. The van der Waals surface area contributed by atoms with Gasteiger partial charge in [0.05, 0.1) is 0 Å². The van der Waals surface area contributed by atoms with Gasteiger partial charge in [0.2, 0.25) is 0 Å². The number of amides is 1. The minimum atomic E-state index is -1.26. The van der Waals surface area contributed by atoms with E-state index in [9.17, 15) is 14.7 Å². The molecule has 1 aromatic rings. The van der Waals surface area contributed by atoms with Crippen molar-refractivity contribution in [2.75, 3.05) is 5.32 Å². The number of rotatable bonds is 3. The third-order valence-electron chi connectivity index (χ3n) is 1.74. The van der Waals surface area contributed by atoms with Crippen LogP contribution in [-0.2, 0) is 4.74 Å². The molecule has 1 unspecified atom stereocenters. The van der Waals surface area contributed by atoms with Crippen molar-refractivity contribution in [2.24, 2.45) is 0 Å². The summed E-state index contributed by atoms with van der Waals surface area (Å²) in [4.78, 5) is 21.7. The van der Waals surface area contributed by atoms with Gasteiger partial charge in [0.25, 0.3) is 0 Å². The number of carbonyl (C=O) groups excluding carboxylic acids is 1. The zero-order valence-electron chi connectivity index (χ0n) is 8.81. The molecule has 0 saturated heterocycles. The molecule has 0 aliphatic carbocycles. The van der Waals surface area contributed by atoms with E-state index in [-0.39, 0.29) is 11.3 Å². The van der Waals surface area contributed by atoms with Crippen LogP contribution in [0.2, 0.25) is 0 Å². The Morgan fingerprint density at radius 3 is 2.59 bits per heavy atom. The number of ether oxygens (including phenoxy) is 1. The molecule has 7 heteroatoms. The second kappa shape index (κ2) is 5.40. The van der Waals surface area contributed by atoms with Crippen molar-refractivity contribution >= 4 is 29.4 Å². The lowest BCUT2D eigenvalue weighted by atomic mass is 10.2. The summed E-state index contributed by atoms with van der Waals surface area (Å²) in [6.07, 6.45) is -0.796. The van der Waals surface area contributed by atoms with Crippen molar-refractivity contribution in [1.29, 1.82) is 0 Å². The number of carboxylic acids is 1. The molecule has 6 nitrogen and oxygen atoms in total. The Kier molecular flexibility index (Phi) is 4.17. The maximum atomic E-state index is 11.1. The normalized spacial score (nSPS) is 11.6. The standard InChI is InChI=1S/C10H10ClNO5/c1-5(11)17-10(16)12-6-2-3-7(9(14)15)8(13)4-6/h2-5,13H,1H3,(H,12,16)(H,14,15). The summed E-state index contributed by atoms with van der Waals surface area (Å²) in [6.45, 7) is 1.46. The summed E-state index contributed by atoms with van der Waals surface area (Å²) in [7, 11) is 0. The number of carboxylic acid groups (broad SMARTS) is 1. The largest absolute Gasteiger partial charge is 0.507 e. The first-order chi connectivity index (χ1) is 7.90. The van der Waals surface area contributed by atoms with Crippen molar-refractivity contribution < 1.29 is 24.5 Å². The first kappa shape index (κ1) is 13.1. The van der Waals surface area contributed by atoms with Crippen molar-refractivity contribution in [3.8, 4) is 5.75 Å². The Labute approximate surface area is 102 Å². The first-order valence-electron chi connectivity index (χ1n) is 4.58. The van der Waals surface area contributed by atoms with Crippen molar-refractivity contribution in [3.63, 3.8) is 0 Å². The van der Waals surface area contributed by atoms with Crippen molar-refractivity contribution in [1.82, 2.24) is 0 Å². The van der Waals surface area contributed by atoms with Crippen LogP contribution in [0, 0.1) is 0 Å². The van der Waals surface area contributed by atoms with Gasteiger partial charge in [-0.15, -0.1) is 0 Å². The Bertz CT molecular complexity index is 446. The van der Waals surface area contributed by atoms with E-state index < -0.39 is 23.4 Å². The highest BCUT2D eigenvalue weighted by Gasteiger charge is 2.12. The molecule has 0 aliphatic rings. The Balaban J connectivity index is 2.77. The number of carbonyl (C=O) groups is 2. The number of hydrogen-bond acceptors (Lipinski definition) is 4. The summed E-state index contributed by atoms with van der Waals surface area (Å²) in [5.74, 6) is -1.71. The topological polar surface area (TPSA) is 95.9 Å². The number of phenols is 1. The molecular formula is C10H10ClNO5. The lowest BCUT2D eigenvalue weighted by molar-refractivity contribution is 0.0693. The Morgan fingerprint density at radius 2 is 2.12 bits per heavy atom. The molecule has 17 heavy (non-hydrogen) atoms. The molecule has 1 atom stereocenters. The van der Waals surface area contributed by atoms with Crippen LogP contribution in [0.3, 0.4) is 0 Å². The molecule has 1 amide bonds. The average Bonchev–Trinajstić information content (AvgIpc) is 2.15. The van der Waals surface area contributed by atoms with Gasteiger partial charge in [-0.3, -0.25) is 5.32 Å². The quantitative estimate of drug-likeness (QED) is 0.724. The van der Waals surface area contributed by atoms with E-state index in [1.165, 1.54) is 13.0 Å². The number of anilines is 1. The van der Waals surface area contributed by atoms with Gasteiger partial charge >= 0.3 is 12.1 Å². The van der Waals surface area contributed by atoms with Gasteiger partial charge in [-0.25, -0.2) is 9.59 Å². The highest BCUT2D eigenvalue weighted by atomic mass is 35.5. The highest BCUT2D eigenvalue weighted by Crippen LogP contribution is 2.22. The third kappa shape index (κ3) is 3.84. The average molecular weight is 260 g/mol. The summed E-state index contributed by atoms with van der Waals surface area (Å²) in [5, 5.41) is 20.3. The van der Waals surface area contributed by atoms with Crippen LogP contribution >= 0.6 is 11.6 Å². The summed E-state index contributed by atoms with van der Waals surface area (Å²) in [5.41, 5.74) is -0.841. The molecule has 0 spiro atoms. The van der Waals surface area contributed by atoms with Gasteiger partial charge in [0, 0.05) is 11.8 Å². The lowest BCUT2D eigenvalue weighted by Crippen LogP contribution is -2.16. The van der Waals surface area contributed by atoms with E-state index in [1.807, 2.05) is 0 Å². The van der Waals surface area contributed by atoms with Gasteiger partial charge in [-0.2, -0.15) is 0 Å². The molecule has 1 aromatic carbocycles. The van der Waals surface area contributed by atoms with Crippen LogP contribution in [0.5, 0.6) is 5.75 Å². The van der Waals surface area contributed by atoms with E-state index in [4.69, 9.17) is 16.7 Å². The van der Waals surface area contributed by atoms with Gasteiger partial charge in [-0.1, -0.05) is 11.6 Å². The minimum Gasteiger partial charge on any atom is -0.507 e.